The van der Waals surface area contributed by atoms with Crippen LogP contribution in [0.1, 0.15) is 322 Å². The van der Waals surface area contributed by atoms with Crippen LogP contribution in [0.4, 0.5) is 0 Å². The average Bonchev–Trinajstić information content (AvgIpc) is 3.42. The smallest absolute Gasteiger partial charge is 0.462 e. The largest absolute Gasteiger partial charge is 0.472 e. The van der Waals surface area contributed by atoms with Gasteiger partial charge in [-0.25, -0.2) is 4.57 Å². The van der Waals surface area contributed by atoms with Gasteiger partial charge in [-0.2, -0.15) is 0 Å². The molecular weight excluding hydrogens is 1010 g/mol. The molecule has 0 aliphatic carbocycles. The molecule has 0 aromatic rings. The number of carbonyl (C=O) groups is 2. The molecule has 2 unspecified atom stereocenters. The highest BCUT2D eigenvalue weighted by atomic mass is 31.2. The van der Waals surface area contributed by atoms with E-state index in [4.69, 9.17) is 18.5 Å². The van der Waals surface area contributed by atoms with Gasteiger partial charge < -0.3 is 18.9 Å². The molecule has 0 aromatic heterocycles. The molecule has 0 bridgehead atoms. The van der Waals surface area contributed by atoms with E-state index in [-0.39, 0.29) is 25.6 Å². The maximum atomic E-state index is 12.9. The molecule has 10 heteroatoms. The van der Waals surface area contributed by atoms with E-state index in [9.17, 15) is 19.0 Å². The Labute approximate surface area is 496 Å². The minimum absolute atomic E-state index is 0.0320. The third-order valence-electron chi connectivity index (χ3n) is 15.0. The lowest BCUT2D eigenvalue weighted by molar-refractivity contribution is -0.870. The summed E-state index contributed by atoms with van der Waals surface area (Å²) in [6, 6.07) is 0. The minimum Gasteiger partial charge on any atom is -0.462 e. The second kappa shape index (κ2) is 61.3. The predicted octanol–water partition coefficient (Wildman–Crippen LogP) is 21.8. The molecule has 2 atom stereocenters. The Morgan fingerprint density at radius 1 is 0.400 bits per heavy atom. The molecule has 0 saturated heterocycles. The molecule has 9 nitrogen and oxygen atoms in total. The summed E-state index contributed by atoms with van der Waals surface area (Å²) in [4.78, 5) is 35.9. The zero-order valence-electron chi connectivity index (χ0n) is 53.3. The number of nitrogens with zero attached hydrogens (tertiary/aromatic N) is 1. The number of esters is 2. The van der Waals surface area contributed by atoms with E-state index in [2.05, 4.69) is 74.6 Å². The van der Waals surface area contributed by atoms with E-state index in [1.807, 2.05) is 21.1 Å². The van der Waals surface area contributed by atoms with Gasteiger partial charge in [0.15, 0.2) is 6.10 Å². The van der Waals surface area contributed by atoms with Crippen molar-refractivity contribution in [2.45, 2.75) is 328 Å². The zero-order chi connectivity index (χ0) is 58.4. The number of hydrogen-bond acceptors (Lipinski definition) is 7. The van der Waals surface area contributed by atoms with Crippen LogP contribution in [-0.4, -0.2) is 74.9 Å². The van der Waals surface area contributed by atoms with Crippen molar-refractivity contribution in [3.05, 3.63) is 60.8 Å². The second-order valence-corrected chi connectivity index (χ2v) is 25.6. The average molecular weight is 1150 g/mol. The van der Waals surface area contributed by atoms with Crippen molar-refractivity contribution in [1.82, 2.24) is 0 Å². The van der Waals surface area contributed by atoms with Gasteiger partial charge in [0.25, 0.3) is 0 Å². The Hall–Kier alpha value is -2.29. The maximum Gasteiger partial charge on any atom is 0.472 e. The number of allylic oxidation sites excluding steroid dienone is 10. The zero-order valence-corrected chi connectivity index (χ0v) is 54.2. The van der Waals surface area contributed by atoms with Crippen LogP contribution >= 0.6 is 7.82 Å². The summed E-state index contributed by atoms with van der Waals surface area (Å²) in [7, 11) is 1.49. The number of phosphoric acid groups is 1. The summed E-state index contributed by atoms with van der Waals surface area (Å²) in [5.41, 5.74) is 0. The monoisotopic (exact) mass is 1140 g/mol. The van der Waals surface area contributed by atoms with Crippen molar-refractivity contribution in [1.29, 1.82) is 0 Å². The van der Waals surface area contributed by atoms with Crippen molar-refractivity contribution in [2.75, 3.05) is 47.5 Å². The number of ether oxygens (including phenoxy) is 2. The molecule has 0 amide bonds. The lowest BCUT2D eigenvalue weighted by Crippen LogP contribution is -2.37. The number of likely N-dealkylation sites (N-methyl/N-ethyl adjacent to an activating group) is 1. The molecule has 0 aliphatic heterocycles. The second-order valence-electron chi connectivity index (χ2n) is 24.2. The standard InChI is InChI=1S/C70H130NO8P/c1-6-8-10-12-14-16-18-20-22-24-26-28-30-32-34-35-37-38-40-42-44-46-48-50-52-54-56-58-60-62-69(72)76-66-68(67-78-80(74,75)77-65-64-71(3,4)5)79-70(73)63-61-59-57-55-53-51-49-47-45-43-41-39-36-33-31-29-27-25-23-21-19-17-15-13-11-9-7-2/h9,11,15,17,21,23-24,26-27,29,68H,6-8,10,12-14,16,18-20,22,25,28,30-67H2,1-5H3/p+1/b11-9-,17-15-,23-21-,26-24-,29-27-. The van der Waals surface area contributed by atoms with Crippen LogP contribution in [0.25, 0.3) is 0 Å². The van der Waals surface area contributed by atoms with Gasteiger partial charge in [0, 0.05) is 12.8 Å². The Kier molecular flexibility index (Phi) is 59.5. The van der Waals surface area contributed by atoms with Crippen LogP contribution < -0.4 is 0 Å². The lowest BCUT2D eigenvalue weighted by Gasteiger charge is -2.24. The van der Waals surface area contributed by atoms with Crippen molar-refractivity contribution < 1.29 is 42.1 Å². The first-order valence-electron chi connectivity index (χ1n) is 34.0. The Bertz CT molecular complexity index is 1530. The number of unbranched alkanes of at least 4 members (excludes halogenated alkanes) is 39. The molecule has 1 N–H and O–H groups in total. The van der Waals surface area contributed by atoms with Crippen LogP contribution in [0.15, 0.2) is 60.8 Å². The first-order valence-corrected chi connectivity index (χ1v) is 35.5. The summed E-state index contributed by atoms with van der Waals surface area (Å²) in [5, 5.41) is 0. The van der Waals surface area contributed by atoms with Crippen molar-refractivity contribution >= 4 is 19.8 Å². The first kappa shape index (κ1) is 77.7. The molecule has 0 spiro atoms. The summed E-state index contributed by atoms with van der Waals surface area (Å²) in [6.45, 7) is 4.37. The topological polar surface area (TPSA) is 108 Å². The van der Waals surface area contributed by atoms with Crippen LogP contribution in [-0.2, 0) is 32.7 Å². The van der Waals surface area contributed by atoms with Gasteiger partial charge in [0.1, 0.15) is 19.8 Å². The normalized spacial score (nSPS) is 13.5. The van der Waals surface area contributed by atoms with E-state index < -0.39 is 26.5 Å². The first-order chi connectivity index (χ1) is 39.0. The third kappa shape index (κ3) is 64.9. The van der Waals surface area contributed by atoms with Gasteiger partial charge in [-0.15, -0.1) is 0 Å². The predicted molar refractivity (Wildman–Crippen MR) is 344 cm³/mol. The highest BCUT2D eigenvalue weighted by Gasteiger charge is 2.27. The number of hydrogen-bond donors (Lipinski definition) is 1. The number of phosphoric ester groups is 1. The van der Waals surface area contributed by atoms with E-state index in [0.29, 0.717) is 23.9 Å². The van der Waals surface area contributed by atoms with Gasteiger partial charge in [0.2, 0.25) is 0 Å². The summed E-state index contributed by atoms with van der Waals surface area (Å²) >= 11 is 0. The molecule has 80 heavy (non-hydrogen) atoms. The van der Waals surface area contributed by atoms with Crippen LogP contribution in [0.5, 0.6) is 0 Å². The minimum atomic E-state index is -4.39. The fourth-order valence-corrected chi connectivity index (χ4v) is 10.6. The van der Waals surface area contributed by atoms with Gasteiger partial charge in [-0.3, -0.25) is 18.6 Å². The van der Waals surface area contributed by atoms with Crippen molar-refractivity contribution in [3.63, 3.8) is 0 Å². The number of quaternary nitrogens is 1. The van der Waals surface area contributed by atoms with Gasteiger partial charge >= 0.3 is 19.8 Å². The molecule has 0 aromatic carbocycles. The Morgan fingerprint density at radius 3 is 1.07 bits per heavy atom. The summed E-state index contributed by atoms with van der Waals surface area (Å²) < 4.78 is 34.7. The maximum absolute atomic E-state index is 12.9. The fraction of sp³-hybridized carbons (Fsp3) is 0.829. The van der Waals surface area contributed by atoms with Gasteiger partial charge in [-0.1, -0.05) is 293 Å². The Morgan fingerprint density at radius 2 is 0.713 bits per heavy atom. The number of carbonyl (C=O) groups excluding carboxylic acids is 2. The molecule has 0 fully saturated rings. The summed E-state index contributed by atoms with van der Waals surface area (Å²) in [5.74, 6) is -0.784. The van der Waals surface area contributed by atoms with Crippen LogP contribution in [0, 0.1) is 0 Å². The molecule has 0 aliphatic rings. The van der Waals surface area contributed by atoms with E-state index in [0.717, 1.165) is 57.8 Å². The van der Waals surface area contributed by atoms with Gasteiger partial charge in [-0.05, 0) is 77.0 Å². The van der Waals surface area contributed by atoms with Crippen molar-refractivity contribution in [2.24, 2.45) is 0 Å². The highest BCUT2D eigenvalue weighted by molar-refractivity contribution is 7.47. The van der Waals surface area contributed by atoms with Gasteiger partial charge in [0.05, 0.1) is 27.7 Å². The molecule has 0 radical (unpaired) electrons. The SMILES string of the molecule is CC/C=C\C/C=C\C/C=C\C/C=C\CCCCCCCCCCCCCCCCC(=O)OC(COC(=O)CCCCCCCCCCCCCCCCCCC/C=C\CCCCCCCCCC)COP(=O)(O)OCC[N+](C)(C)C. The van der Waals surface area contributed by atoms with E-state index in [1.165, 1.54) is 231 Å². The molecular formula is C70H131NO8P+. The summed E-state index contributed by atoms with van der Waals surface area (Å²) in [6.07, 6.45) is 80.3. The molecule has 0 rings (SSSR count). The Balaban J connectivity index is 4.03. The quantitative estimate of drug-likeness (QED) is 0.0211. The van der Waals surface area contributed by atoms with E-state index in [1.54, 1.807) is 0 Å². The van der Waals surface area contributed by atoms with Crippen LogP contribution in [0.2, 0.25) is 0 Å². The van der Waals surface area contributed by atoms with E-state index >= 15 is 0 Å². The fourth-order valence-electron chi connectivity index (χ4n) is 9.83. The highest BCUT2D eigenvalue weighted by Crippen LogP contribution is 2.43. The molecule has 0 heterocycles. The lowest BCUT2D eigenvalue weighted by atomic mass is 10.0. The third-order valence-corrected chi connectivity index (χ3v) is 16.0. The van der Waals surface area contributed by atoms with Crippen LogP contribution in [0.3, 0.4) is 0 Å². The molecule has 468 valence electrons. The van der Waals surface area contributed by atoms with Crippen molar-refractivity contribution in [3.8, 4) is 0 Å². The number of rotatable bonds is 63. The molecule has 0 saturated carbocycles.